The number of ether oxygens (including phenoxy) is 1. The molecule has 0 radical (unpaired) electrons. The van der Waals surface area contributed by atoms with Crippen LogP contribution in [-0.4, -0.2) is 44.2 Å². The van der Waals surface area contributed by atoms with Crippen molar-refractivity contribution in [1.82, 2.24) is 25.0 Å². The monoisotopic (exact) mass is 400 g/mol. The molecular formula is C19H21ClN6O2. The Morgan fingerprint density at radius 3 is 2.93 bits per heavy atom. The van der Waals surface area contributed by atoms with Gasteiger partial charge in [0.25, 0.3) is 5.56 Å². The summed E-state index contributed by atoms with van der Waals surface area (Å²) in [5, 5.41) is 10.8. The minimum Gasteiger partial charge on any atom is -0.488 e. The quantitative estimate of drug-likeness (QED) is 0.723. The smallest absolute Gasteiger partial charge is 0.285 e. The number of nitrogens with zero attached hydrogens (tertiary/aromatic N) is 5. The molecular weight excluding hydrogens is 380 g/mol. The lowest BCUT2D eigenvalue weighted by molar-refractivity contribution is 0.225. The van der Waals surface area contributed by atoms with Crippen LogP contribution >= 0.6 is 11.6 Å². The van der Waals surface area contributed by atoms with Crippen LogP contribution in [0, 0.1) is 13.8 Å². The van der Waals surface area contributed by atoms with Gasteiger partial charge < -0.3 is 9.64 Å². The summed E-state index contributed by atoms with van der Waals surface area (Å²) in [6.45, 7) is 5.38. The van der Waals surface area contributed by atoms with Gasteiger partial charge in [0.2, 0.25) is 0 Å². The normalized spacial score (nSPS) is 16.6. The summed E-state index contributed by atoms with van der Waals surface area (Å²) in [7, 11) is 1.92. The molecule has 1 saturated heterocycles. The molecule has 4 rings (SSSR count). The Balaban J connectivity index is 1.51. The summed E-state index contributed by atoms with van der Waals surface area (Å²) in [5.74, 6) is 0.759. The molecule has 3 aromatic rings. The zero-order valence-corrected chi connectivity index (χ0v) is 16.7. The van der Waals surface area contributed by atoms with Crippen molar-refractivity contribution in [2.75, 3.05) is 18.0 Å². The van der Waals surface area contributed by atoms with E-state index in [-0.39, 0.29) is 16.7 Å². The van der Waals surface area contributed by atoms with E-state index in [1.165, 1.54) is 0 Å². The first-order valence-corrected chi connectivity index (χ1v) is 9.43. The number of aryl methyl sites for hydroxylation is 2. The zero-order chi connectivity index (χ0) is 19.8. The molecule has 0 spiro atoms. The fraction of sp³-hybridized carbons (Fsp3) is 0.368. The van der Waals surface area contributed by atoms with E-state index in [1.54, 1.807) is 12.4 Å². The van der Waals surface area contributed by atoms with E-state index in [0.717, 1.165) is 41.4 Å². The molecule has 1 aliphatic rings. The van der Waals surface area contributed by atoms with Gasteiger partial charge in [-0.1, -0.05) is 11.6 Å². The SMILES string of the molecule is Cc1nn(C)c(C)c1-c1cc(O[C@@H]2CCN(c3cn[nH]c(=O)c3Cl)C2)ccn1. The maximum absolute atomic E-state index is 11.7. The lowest BCUT2D eigenvalue weighted by Crippen LogP contribution is -2.26. The van der Waals surface area contributed by atoms with Crippen molar-refractivity contribution >= 4 is 17.3 Å². The summed E-state index contributed by atoms with van der Waals surface area (Å²) in [6, 6.07) is 3.80. The highest BCUT2D eigenvalue weighted by atomic mass is 35.5. The maximum atomic E-state index is 11.7. The van der Waals surface area contributed by atoms with E-state index >= 15 is 0 Å². The molecule has 8 nitrogen and oxygen atoms in total. The Morgan fingerprint density at radius 2 is 2.18 bits per heavy atom. The van der Waals surface area contributed by atoms with Gasteiger partial charge in [-0.2, -0.15) is 10.2 Å². The van der Waals surface area contributed by atoms with Gasteiger partial charge in [-0.05, 0) is 19.9 Å². The van der Waals surface area contributed by atoms with Crippen molar-refractivity contribution in [1.29, 1.82) is 0 Å². The van der Waals surface area contributed by atoms with Gasteiger partial charge in [0, 0.05) is 43.5 Å². The maximum Gasteiger partial charge on any atom is 0.285 e. The van der Waals surface area contributed by atoms with Crippen LogP contribution < -0.4 is 15.2 Å². The second kappa shape index (κ2) is 7.27. The molecule has 1 fully saturated rings. The third-order valence-corrected chi connectivity index (χ3v) is 5.43. The summed E-state index contributed by atoms with van der Waals surface area (Å²) < 4.78 is 8.04. The van der Waals surface area contributed by atoms with Crippen molar-refractivity contribution in [3.05, 3.63) is 51.3 Å². The van der Waals surface area contributed by atoms with Crippen LogP contribution in [0.3, 0.4) is 0 Å². The van der Waals surface area contributed by atoms with Crippen molar-refractivity contribution in [2.24, 2.45) is 7.05 Å². The number of pyridine rings is 1. The second-order valence-corrected chi connectivity index (χ2v) is 7.30. The third kappa shape index (κ3) is 3.35. The number of anilines is 1. The number of hydrogen-bond donors (Lipinski definition) is 1. The topological polar surface area (TPSA) is 88.9 Å². The molecule has 146 valence electrons. The van der Waals surface area contributed by atoms with E-state index in [2.05, 4.69) is 20.3 Å². The molecule has 4 heterocycles. The Hall–Kier alpha value is -2.87. The molecule has 0 bridgehead atoms. The molecule has 1 atom stereocenters. The van der Waals surface area contributed by atoms with Gasteiger partial charge >= 0.3 is 0 Å². The molecule has 1 N–H and O–H groups in total. The van der Waals surface area contributed by atoms with Crippen LogP contribution in [0.5, 0.6) is 5.75 Å². The van der Waals surface area contributed by atoms with Gasteiger partial charge in [0.1, 0.15) is 16.9 Å². The van der Waals surface area contributed by atoms with Crippen molar-refractivity contribution < 1.29 is 4.74 Å². The largest absolute Gasteiger partial charge is 0.488 e. The summed E-state index contributed by atoms with van der Waals surface area (Å²) in [5.41, 5.74) is 4.12. The van der Waals surface area contributed by atoms with Crippen LogP contribution in [0.2, 0.25) is 5.02 Å². The van der Waals surface area contributed by atoms with Gasteiger partial charge in [-0.3, -0.25) is 14.5 Å². The predicted molar refractivity (Wildman–Crippen MR) is 107 cm³/mol. The van der Waals surface area contributed by atoms with E-state index in [4.69, 9.17) is 16.3 Å². The van der Waals surface area contributed by atoms with Gasteiger partial charge in [-0.15, -0.1) is 0 Å². The number of halogens is 1. The first kappa shape index (κ1) is 18.5. The predicted octanol–water partition coefficient (Wildman–Crippen LogP) is 2.49. The van der Waals surface area contributed by atoms with Crippen LogP contribution in [0.4, 0.5) is 5.69 Å². The highest BCUT2D eigenvalue weighted by Gasteiger charge is 2.27. The average molecular weight is 401 g/mol. The second-order valence-electron chi connectivity index (χ2n) is 6.92. The fourth-order valence-electron chi connectivity index (χ4n) is 3.60. The molecule has 28 heavy (non-hydrogen) atoms. The van der Waals surface area contributed by atoms with Crippen molar-refractivity contribution in [2.45, 2.75) is 26.4 Å². The molecule has 0 saturated carbocycles. The third-order valence-electron chi connectivity index (χ3n) is 5.06. The Bertz CT molecular complexity index is 1080. The summed E-state index contributed by atoms with van der Waals surface area (Å²) in [4.78, 5) is 18.2. The first-order valence-electron chi connectivity index (χ1n) is 9.05. The molecule has 1 aliphatic heterocycles. The van der Waals surface area contributed by atoms with Crippen LogP contribution in [-0.2, 0) is 7.05 Å². The number of hydrogen-bond acceptors (Lipinski definition) is 6. The van der Waals surface area contributed by atoms with E-state index in [1.807, 2.05) is 42.6 Å². The van der Waals surface area contributed by atoms with Crippen LogP contribution in [0.25, 0.3) is 11.3 Å². The van der Waals surface area contributed by atoms with E-state index in [9.17, 15) is 4.79 Å². The highest BCUT2D eigenvalue weighted by Crippen LogP contribution is 2.30. The Morgan fingerprint density at radius 1 is 1.36 bits per heavy atom. The van der Waals surface area contributed by atoms with Crippen molar-refractivity contribution in [3.63, 3.8) is 0 Å². The van der Waals surface area contributed by atoms with Gasteiger partial charge in [0.15, 0.2) is 0 Å². The standard InChI is InChI=1S/C19H21ClN6O2/c1-11-17(12(2)25(3)24-11)15-8-13(4-6-21-15)28-14-5-7-26(10-14)16-9-22-23-19(27)18(16)20/h4,6,8-9,14H,5,7,10H2,1-3H3,(H,23,27)/t14-/m1/s1. The Labute approximate surface area is 167 Å². The van der Waals surface area contributed by atoms with Crippen molar-refractivity contribution in [3.8, 4) is 17.0 Å². The number of rotatable bonds is 4. The number of aromatic nitrogens is 5. The fourth-order valence-corrected chi connectivity index (χ4v) is 3.81. The molecule has 9 heteroatoms. The number of aromatic amines is 1. The summed E-state index contributed by atoms with van der Waals surface area (Å²) >= 11 is 6.12. The van der Waals surface area contributed by atoms with E-state index in [0.29, 0.717) is 12.2 Å². The summed E-state index contributed by atoms with van der Waals surface area (Å²) in [6.07, 6.45) is 4.14. The molecule has 0 aliphatic carbocycles. The minimum atomic E-state index is -0.385. The Kier molecular flexibility index (Phi) is 4.80. The number of H-pyrrole nitrogens is 1. The average Bonchev–Trinajstić information content (AvgIpc) is 3.22. The molecule has 3 aromatic heterocycles. The first-order chi connectivity index (χ1) is 13.4. The van der Waals surface area contributed by atoms with Crippen LogP contribution in [0.1, 0.15) is 17.8 Å². The minimum absolute atomic E-state index is 0.0123. The lowest BCUT2D eigenvalue weighted by Gasteiger charge is -2.19. The highest BCUT2D eigenvalue weighted by molar-refractivity contribution is 6.33. The molecule has 0 unspecified atom stereocenters. The molecule has 0 aromatic carbocycles. The van der Waals surface area contributed by atoms with Gasteiger partial charge in [0.05, 0.1) is 29.8 Å². The molecule has 0 amide bonds. The lowest BCUT2D eigenvalue weighted by atomic mass is 10.1. The number of nitrogens with one attached hydrogen (secondary N) is 1. The zero-order valence-electron chi connectivity index (χ0n) is 15.9. The van der Waals surface area contributed by atoms with Gasteiger partial charge in [-0.25, -0.2) is 5.10 Å². The van der Waals surface area contributed by atoms with E-state index < -0.39 is 0 Å². The van der Waals surface area contributed by atoms with Crippen LogP contribution in [0.15, 0.2) is 29.3 Å².